The van der Waals surface area contributed by atoms with Crippen LogP contribution in [-0.2, 0) is 13.7 Å². The molecule has 1 aliphatic rings. The van der Waals surface area contributed by atoms with Gasteiger partial charge in [0.05, 0.1) is 10.2 Å². The summed E-state index contributed by atoms with van der Waals surface area (Å²) in [5.41, 5.74) is 4.18. The maximum atomic E-state index is 13.1. The number of rotatable bonds is 9. The van der Waals surface area contributed by atoms with E-state index in [1.165, 1.54) is 0 Å². The van der Waals surface area contributed by atoms with Gasteiger partial charge in [-0.25, -0.2) is 0 Å². The number of aryl methyl sites for hydroxylation is 1. The minimum absolute atomic E-state index is 0.157. The van der Waals surface area contributed by atoms with Gasteiger partial charge in [-0.3, -0.25) is 4.79 Å². The monoisotopic (exact) mass is 544 g/mol. The summed E-state index contributed by atoms with van der Waals surface area (Å²) in [4.78, 5) is 17.2. The third-order valence-electron chi connectivity index (χ3n) is 7.51. The number of anilines is 2. The van der Waals surface area contributed by atoms with Crippen LogP contribution in [-0.4, -0.2) is 58.6 Å². The Labute approximate surface area is 234 Å². The lowest BCUT2D eigenvalue weighted by molar-refractivity contribution is 0.101. The molecule has 5 rings (SSSR count). The zero-order chi connectivity index (χ0) is 27.5. The molecular formula is C28H34B2N4O4S. The molecule has 0 spiro atoms. The standard InChI is InChI=1S/C28H34B2N4O4S/c1-29(36)33-15-12-22(13-16-33)34(30(2)37)21-8-10-23(11-9-21)38-19-20-6-4-5-7-24(20)31-28(35)26-18-27-25(32(26)3)14-17-39-27/h4-11,14,17-18,22,36-37H,12-13,15-16,19H2,1-3H3,(H,31,35). The molecule has 3 N–H and O–H groups in total. The van der Waals surface area contributed by atoms with E-state index in [4.69, 9.17) is 4.74 Å². The number of benzene rings is 2. The smallest absolute Gasteiger partial charge is 0.409 e. The van der Waals surface area contributed by atoms with Crippen molar-refractivity contribution in [2.24, 2.45) is 7.05 Å². The van der Waals surface area contributed by atoms with Gasteiger partial charge in [-0.1, -0.05) is 18.2 Å². The molecule has 0 atom stereocenters. The number of nitrogens with one attached hydrogen (secondary N) is 1. The van der Waals surface area contributed by atoms with Gasteiger partial charge in [-0.05, 0) is 87.4 Å². The summed E-state index contributed by atoms with van der Waals surface area (Å²) in [6, 6.07) is 19.6. The van der Waals surface area contributed by atoms with Crippen LogP contribution in [0.25, 0.3) is 10.2 Å². The number of piperidine rings is 1. The van der Waals surface area contributed by atoms with Crippen LogP contribution in [0, 0.1) is 0 Å². The second kappa shape index (κ2) is 11.9. The first-order valence-electron chi connectivity index (χ1n) is 13.4. The molecule has 1 saturated heterocycles. The molecule has 0 aliphatic carbocycles. The molecule has 0 radical (unpaired) electrons. The second-order valence-electron chi connectivity index (χ2n) is 10.1. The Morgan fingerprint density at radius 3 is 2.49 bits per heavy atom. The molecule has 202 valence electrons. The van der Waals surface area contributed by atoms with E-state index in [2.05, 4.69) is 10.1 Å². The van der Waals surface area contributed by atoms with Gasteiger partial charge in [-0.15, -0.1) is 11.3 Å². The molecule has 1 fully saturated rings. The zero-order valence-electron chi connectivity index (χ0n) is 22.6. The van der Waals surface area contributed by atoms with E-state index in [-0.39, 0.29) is 11.9 Å². The van der Waals surface area contributed by atoms with Crippen LogP contribution in [0.15, 0.2) is 66.0 Å². The largest absolute Gasteiger partial charge is 0.489 e. The molecule has 4 aromatic rings. The Hall–Kier alpha value is -3.24. The van der Waals surface area contributed by atoms with Crippen LogP contribution in [0.2, 0.25) is 13.6 Å². The summed E-state index contributed by atoms with van der Waals surface area (Å²) in [6.07, 6.45) is 1.74. The van der Waals surface area contributed by atoms with Gasteiger partial charge in [0, 0.05) is 30.0 Å². The number of ether oxygens (including phenoxy) is 1. The SMILES string of the molecule is CB(O)N1CCC(N(B(C)O)c2ccc(OCc3ccccc3NC(=O)c3cc4sccc4n3C)cc2)CC1. The van der Waals surface area contributed by atoms with Gasteiger partial charge >= 0.3 is 14.1 Å². The third-order valence-corrected chi connectivity index (χ3v) is 8.37. The Balaban J connectivity index is 1.23. The maximum absolute atomic E-state index is 13.1. The number of nitrogens with zero attached hydrogens (tertiary/aromatic N) is 3. The van der Waals surface area contributed by atoms with E-state index in [0.29, 0.717) is 23.7 Å². The van der Waals surface area contributed by atoms with Gasteiger partial charge in [0.1, 0.15) is 18.1 Å². The summed E-state index contributed by atoms with van der Waals surface area (Å²) in [7, 11) is 0.825. The van der Waals surface area contributed by atoms with Crippen molar-refractivity contribution < 1.29 is 19.6 Å². The van der Waals surface area contributed by atoms with Crippen LogP contribution in [0.4, 0.5) is 11.4 Å². The van der Waals surface area contributed by atoms with Gasteiger partial charge in [0.15, 0.2) is 0 Å². The van der Waals surface area contributed by atoms with Crippen molar-refractivity contribution in [2.45, 2.75) is 39.1 Å². The molecule has 2 aromatic carbocycles. The third kappa shape index (κ3) is 6.01. The van der Waals surface area contributed by atoms with E-state index < -0.39 is 14.1 Å². The molecule has 39 heavy (non-hydrogen) atoms. The number of carbonyl (C=O) groups excluding carboxylic acids is 1. The number of para-hydroxylation sites is 1. The molecule has 0 unspecified atom stereocenters. The van der Waals surface area contributed by atoms with Crippen LogP contribution in [0.3, 0.4) is 0 Å². The molecule has 1 amide bonds. The number of fused-ring (bicyclic) bond motifs is 1. The van der Waals surface area contributed by atoms with E-state index >= 15 is 0 Å². The van der Waals surface area contributed by atoms with Gasteiger partial charge in [0.25, 0.3) is 5.91 Å². The number of aromatic nitrogens is 1. The second-order valence-corrected chi connectivity index (χ2v) is 11.0. The molecule has 3 heterocycles. The predicted octanol–water partition coefficient (Wildman–Crippen LogP) is 4.56. The lowest BCUT2D eigenvalue weighted by atomic mass is 9.78. The first kappa shape index (κ1) is 27.3. The highest BCUT2D eigenvalue weighted by Crippen LogP contribution is 2.28. The predicted molar refractivity (Wildman–Crippen MR) is 161 cm³/mol. The molecule has 0 bridgehead atoms. The topological polar surface area (TPSA) is 90.2 Å². The van der Waals surface area contributed by atoms with Crippen LogP contribution < -0.4 is 14.9 Å². The first-order chi connectivity index (χ1) is 18.8. The highest BCUT2D eigenvalue weighted by molar-refractivity contribution is 7.17. The van der Waals surface area contributed by atoms with Crippen molar-refractivity contribution in [1.29, 1.82) is 0 Å². The molecule has 11 heteroatoms. The minimum atomic E-state index is -0.629. The van der Waals surface area contributed by atoms with E-state index in [1.807, 2.05) is 82.5 Å². The lowest BCUT2D eigenvalue weighted by Crippen LogP contribution is -2.53. The van der Waals surface area contributed by atoms with Gasteiger partial charge in [-0.2, -0.15) is 0 Å². The van der Waals surface area contributed by atoms with Crippen LogP contribution >= 0.6 is 11.3 Å². The highest BCUT2D eigenvalue weighted by atomic mass is 32.1. The van der Waals surface area contributed by atoms with Crippen LogP contribution in [0.1, 0.15) is 28.9 Å². The molecule has 0 saturated carbocycles. The van der Waals surface area contributed by atoms with Crippen molar-refractivity contribution in [3.05, 3.63) is 77.3 Å². The summed E-state index contributed by atoms with van der Waals surface area (Å²) in [6.45, 7) is 5.48. The number of hydrogen-bond acceptors (Lipinski definition) is 7. The highest BCUT2D eigenvalue weighted by Gasteiger charge is 2.31. The number of thiophene rings is 1. The van der Waals surface area contributed by atoms with Crippen molar-refractivity contribution in [1.82, 2.24) is 9.38 Å². The lowest BCUT2D eigenvalue weighted by Gasteiger charge is -2.41. The number of hydrogen-bond donors (Lipinski definition) is 3. The number of carbonyl (C=O) groups is 1. The Morgan fingerprint density at radius 1 is 1.10 bits per heavy atom. The molecule has 8 nitrogen and oxygen atoms in total. The summed E-state index contributed by atoms with van der Waals surface area (Å²) < 4.78 is 9.09. The average molecular weight is 544 g/mol. The average Bonchev–Trinajstić information content (AvgIpc) is 3.52. The van der Waals surface area contributed by atoms with E-state index in [9.17, 15) is 14.8 Å². The molecular weight excluding hydrogens is 510 g/mol. The van der Waals surface area contributed by atoms with Crippen molar-refractivity contribution in [2.75, 3.05) is 23.2 Å². The van der Waals surface area contributed by atoms with E-state index in [1.54, 1.807) is 25.0 Å². The van der Waals surface area contributed by atoms with Gasteiger partial charge in [0.2, 0.25) is 0 Å². The minimum Gasteiger partial charge on any atom is -0.489 e. The fraction of sp³-hybridized carbons (Fsp3) is 0.321. The molecule has 2 aromatic heterocycles. The Morgan fingerprint density at radius 2 is 1.82 bits per heavy atom. The van der Waals surface area contributed by atoms with Crippen molar-refractivity contribution >= 4 is 52.9 Å². The van der Waals surface area contributed by atoms with Gasteiger partial charge < -0.3 is 34.3 Å². The fourth-order valence-corrected chi connectivity index (χ4v) is 6.22. The van der Waals surface area contributed by atoms with Crippen LogP contribution in [0.5, 0.6) is 5.75 Å². The Kier molecular flexibility index (Phi) is 8.32. The first-order valence-corrected chi connectivity index (χ1v) is 14.2. The molecule has 1 aliphatic heterocycles. The summed E-state index contributed by atoms with van der Waals surface area (Å²) >= 11 is 1.62. The van der Waals surface area contributed by atoms with Crippen molar-refractivity contribution in [3.63, 3.8) is 0 Å². The Bertz CT molecular complexity index is 1410. The maximum Gasteiger partial charge on any atom is 0.409 e. The summed E-state index contributed by atoms with van der Waals surface area (Å²) in [5, 5.41) is 25.5. The normalized spacial score (nSPS) is 14.4. The van der Waals surface area contributed by atoms with Crippen molar-refractivity contribution in [3.8, 4) is 5.75 Å². The summed E-state index contributed by atoms with van der Waals surface area (Å²) in [5.74, 6) is 0.548. The number of amides is 1. The van der Waals surface area contributed by atoms with E-state index in [0.717, 1.165) is 47.4 Å². The zero-order valence-corrected chi connectivity index (χ0v) is 23.4. The quantitative estimate of drug-likeness (QED) is 0.268. The fourth-order valence-electron chi connectivity index (χ4n) is 5.37.